The minimum absolute atomic E-state index is 0.302. The Kier molecular flexibility index (Phi) is 4.37. The van der Waals surface area contributed by atoms with Gasteiger partial charge in [0.2, 0.25) is 0 Å². The summed E-state index contributed by atoms with van der Waals surface area (Å²) < 4.78 is 0. The van der Waals surface area contributed by atoms with Crippen LogP contribution in [0.1, 0.15) is 30.1 Å². The van der Waals surface area contributed by atoms with Crippen molar-refractivity contribution in [1.82, 2.24) is 0 Å². The van der Waals surface area contributed by atoms with Crippen molar-refractivity contribution in [3.8, 4) is 5.75 Å². The smallest absolute Gasteiger partial charge is 0.115 e. The fraction of sp³-hybridized carbons (Fsp3) is 0.250. The molecule has 94 valence electrons. The molecule has 0 heterocycles. The Hall–Kier alpha value is -1.80. The fourth-order valence-corrected chi connectivity index (χ4v) is 2.05. The standard InChI is InChI=1S/C16H18O2/c17-15-10-4-6-13(12-15)7-5-11-16(18)14-8-2-1-3-9-14/h1-4,6,8-10,12,16-18H,5,7,11H2. The summed E-state index contributed by atoms with van der Waals surface area (Å²) in [6.07, 6.45) is 2.11. The van der Waals surface area contributed by atoms with E-state index < -0.39 is 6.10 Å². The largest absolute Gasteiger partial charge is 0.508 e. The number of aromatic hydroxyl groups is 1. The van der Waals surface area contributed by atoms with Crippen LogP contribution in [-0.4, -0.2) is 10.2 Å². The third-order valence-corrected chi connectivity index (χ3v) is 3.04. The van der Waals surface area contributed by atoms with Crippen LogP contribution in [0.25, 0.3) is 0 Å². The summed E-state index contributed by atoms with van der Waals surface area (Å²) >= 11 is 0. The van der Waals surface area contributed by atoms with Crippen molar-refractivity contribution >= 4 is 0 Å². The lowest BCUT2D eigenvalue weighted by molar-refractivity contribution is 0.164. The van der Waals surface area contributed by atoms with E-state index in [1.165, 1.54) is 0 Å². The number of benzene rings is 2. The van der Waals surface area contributed by atoms with Gasteiger partial charge in [-0.05, 0) is 42.5 Å². The van der Waals surface area contributed by atoms with E-state index in [-0.39, 0.29) is 0 Å². The number of hydrogen-bond donors (Lipinski definition) is 2. The highest BCUT2D eigenvalue weighted by Crippen LogP contribution is 2.20. The van der Waals surface area contributed by atoms with E-state index in [0.29, 0.717) is 5.75 Å². The van der Waals surface area contributed by atoms with E-state index in [2.05, 4.69) is 0 Å². The highest BCUT2D eigenvalue weighted by atomic mass is 16.3. The number of phenolic OH excluding ortho intramolecular Hbond substituents is 1. The molecule has 0 aliphatic heterocycles. The van der Waals surface area contributed by atoms with E-state index in [0.717, 1.165) is 30.4 Å². The maximum Gasteiger partial charge on any atom is 0.115 e. The molecule has 0 saturated heterocycles. The van der Waals surface area contributed by atoms with Crippen LogP contribution in [0.15, 0.2) is 54.6 Å². The maximum absolute atomic E-state index is 10.0. The Labute approximate surface area is 108 Å². The monoisotopic (exact) mass is 242 g/mol. The first-order valence-electron chi connectivity index (χ1n) is 6.26. The summed E-state index contributed by atoms with van der Waals surface area (Å²) in [5.74, 6) is 0.302. The highest BCUT2D eigenvalue weighted by molar-refractivity contribution is 5.27. The molecule has 0 saturated carbocycles. The van der Waals surface area contributed by atoms with E-state index in [1.807, 2.05) is 42.5 Å². The molecule has 0 radical (unpaired) electrons. The van der Waals surface area contributed by atoms with E-state index in [9.17, 15) is 10.2 Å². The van der Waals surface area contributed by atoms with Crippen LogP contribution in [0.4, 0.5) is 0 Å². The number of phenols is 1. The zero-order valence-electron chi connectivity index (χ0n) is 10.3. The highest BCUT2D eigenvalue weighted by Gasteiger charge is 2.06. The van der Waals surface area contributed by atoms with Crippen molar-refractivity contribution in [2.45, 2.75) is 25.4 Å². The minimum atomic E-state index is -0.400. The van der Waals surface area contributed by atoms with Crippen molar-refractivity contribution in [3.05, 3.63) is 65.7 Å². The fourth-order valence-electron chi connectivity index (χ4n) is 2.05. The molecular weight excluding hydrogens is 224 g/mol. The molecule has 0 aliphatic rings. The lowest BCUT2D eigenvalue weighted by atomic mass is 10.0. The first kappa shape index (κ1) is 12.7. The molecule has 2 aromatic rings. The van der Waals surface area contributed by atoms with E-state index in [1.54, 1.807) is 12.1 Å². The third kappa shape index (κ3) is 3.60. The van der Waals surface area contributed by atoms with Crippen LogP contribution in [0.5, 0.6) is 5.75 Å². The molecule has 2 rings (SSSR count). The second-order valence-corrected chi connectivity index (χ2v) is 4.49. The molecule has 2 nitrogen and oxygen atoms in total. The van der Waals surface area contributed by atoms with Crippen molar-refractivity contribution in [1.29, 1.82) is 0 Å². The molecule has 18 heavy (non-hydrogen) atoms. The van der Waals surface area contributed by atoms with E-state index >= 15 is 0 Å². The molecule has 2 heteroatoms. The molecule has 0 fully saturated rings. The predicted octanol–water partition coefficient (Wildman–Crippen LogP) is 3.45. The molecule has 0 amide bonds. The van der Waals surface area contributed by atoms with Gasteiger partial charge in [-0.25, -0.2) is 0 Å². The molecular formula is C16H18O2. The molecule has 1 atom stereocenters. The first-order valence-corrected chi connectivity index (χ1v) is 6.26. The Morgan fingerprint density at radius 3 is 2.44 bits per heavy atom. The Morgan fingerprint density at radius 1 is 0.944 bits per heavy atom. The van der Waals surface area contributed by atoms with Crippen LogP contribution >= 0.6 is 0 Å². The van der Waals surface area contributed by atoms with Crippen LogP contribution in [-0.2, 0) is 6.42 Å². The average molecular weight is 242 g/mol. The quantitative estimate of drug-likeness (QED) is 0.843. The molecule has 0 aromatic heterocycles. The van der Waals surface area contributed by atoms with Gasteiger partial charge in [0.1, 0.15) is 5.75 Å². The number of hydrogen-bond acceptors (Lipinski definition) is 2. The molecule has 0 aliphatic carbocycles. The van der Waals surface area contributed by atoms with Gasteiger partial charge in [-0.3, -0.25) is 0 Å². The molecule has 2 N–H and O–H groups in total. The summed E-state index contributed by atoms with van der Waals surface area (Å²) in [5, 5.41) is 19.4. The average Bonchev–Trinajstić information content (AvgIpc) is 2.40. The normalized spacial score (nSPS) is 12.3. The first-order chi connectivity index (χ1) is 8.75. The zero-order chi connectivity index (χ0) is 12.8. The Balaban J connectivity index is 1.82. The van der Waals surface area contributed by atoms with Gasteiger partial charge in [-0.2, -0.15) is 0 Å². The SMILES string of the molecule is Oc1cccc(CCCC(O)c2ccccc2)c1. The summed E-state index contributed by atoms with van der Waals surface area (Å²) in [6.45, 7) is 0. The molecule has 0 spiro atoms. The summed E-state index contributed by atoms with van der Waals surface area (Å²) in [5.41, 5.74) is 2.07. The maximum atomic E-state index is 10.0. The topological polar surface area (TPSA) is 40.5 Å². The summed E-state index contributed by atoms with van der Waals surface area (Å²) in [4.78, 5) is 0. The number of rotatable bonds is 5. The molecule has 0 bridgehead atoms. The van der Waals surface area contributed by atoms with Gasteiger partial charge in [-0.15, -0.1) is 0 Å². The third-order valence-electron chi connectivity index (χ3n) is 3.04. The molecule has 2 aromatic carbocycles. The van der Waals surface area contributed by atoms with Crippen LogP contribution in [0.2, 0.25) is 0 Å². The van der Waals surface area contributed by atoms with Gasteiger partial charge in [-0.1, -0.05) is 42.5 Å². The second-order valence-electron chi connectivity index (χ2n) is 4.49. The van der Waals surface area contributed by atoms with Gasteiger partial charge in [0.15, 0.2) is 0 Å². The number of aryl methyl sites for hydroxylation is 1. The van der Waals surface area contributed by atoms with Crippen LogP contribution in [0, 0.1) is 0 Å². The second kappa shape index (κ2) is 6.22. The number of aliphatic hydroxyl groups is 1. The zero-order valence-corrected chi connectivity index (χ0v) is 10.3. The minimum Gasteiger partial charge on any atom is -0.508 e. The molecule has 1 unspecified atom stereocenters. The van der Waals surface area contributed by atoms with Crippen LogP contribution < -0.4 is 0 Å². The summed E-state index contributed by atoms with van der Waals surface area (Å²) in [6, 6.07) is 17.0. The Morgan fingerprint density at radius 2 is 1.72 bits per heavy atom. The van der Waals surface area contributed by atoms with Gasteiger partial charge in [0, 0.05) is 0 Å². The lowest BCUT2D eigenvalue weighted by Crippen LogP contribution is -1.98. The number of aliphatic hydroxyl groups excluding tert-OH is 1. The van der Waals surface area contributed by atoms with Gasteiger partial charge < -0.3 is 10.2 Å². The van der Waals surface area contributed by atoms with Crippen molar-refractivity contribution in [2.24, 2.45) is 0 Å². The van der Waals surface area contributed by atoms with Crippen molar-refractivity contribution in [2.75, 3.05) is 0 Å². The van der Waals surface area contributed by atoms with Gasteiger partial charge >= 0.3 is 0 Å². The Bertz CT molecular complexity index is 479. The van der Waals surface area contributed by atoms with Crippen molar-refractivity contribution < 1.29 is 10.2 Å². The summed E-state index contributed by atoms with van der Waals surface area (Å²) in [7, 11) is 0. The van der Waals surface area contributed by atoms with Gasteiger partial charge in [0.05, 0.1) is 6.10 Å². The van der Waals surface area contributed by atoms with Gasteiger partial charge in [0.25, 0.3) is 0 Å². The lowest BCUT2D eigenvalue weighted by Gasteiger charge is -2.10. The van der Waals surface area contributed by atoms with E-state index in [4.69, 9.17) is 0 Å². The predicted molar refractivity (Wildman–Crippen MR) is 72.4 cm³/mol. The van der Waals surface area contributed by atoms with Crippen LogP contribution in [0.3, 0.4) is 0 Å². The van der Waals surface area contributed by atoms with Crippen molar-refractivity contribution in [3.63, 3.8) is 0 Å².